The van der Waals surface area contributed by atoms with E-state index in [-0.39, 0.29) is 30.1 Å². The first kappa shape index (κ1) is 19.2. The van der Waals surface area contributed by atoms with E-state index < -0.39 is 0 Å². The van der Waals surface area contributed by atoms with Crippen LogP contribution in [0.3, 0.4) is 0 Å². The molecule has 0 aliphatic carbocycles. The van der Waals surface area contributed by atoms with E-state index in [2.05, 4.69) is 10.6 Å². The van der Waals surface area contributed by atoms with Crippen molar-refractivity contribution in [1.82, 2.24) is 15.5 Å². The van der Waals surface area contributed by atoms with Gasteiger partial charge in [0.2, 0.25) is 11.8 Å². The zero-order valence-corrected chi connectivity index (χ0v) is 13.4. The minimum atomic E-state index is -0.00943. The Morgan fingerprint density at radius 3 is 2.80 bits per heavy atom. The van der Waals surface area contributed by atoms with Crippen LogP contribution in [0.5, 0.6) is 0 Å². The molecule has 0 aromatic heterocycles. The van der Waals surface area contributed by atoms with Crippen LogP contribution in [-0.2, 0) is 9.59 Å². The molecule has 0 bridgehead atoms. The number of hydrogen-bond donors (Lipinski definition) is 2. The van der Waals surface area contributed by atoms with Crippen LogP contribution < -0.4 is 10.6 Å². The van der Waals surface area contributed by atoms with Gasteiger partial charge in [0.05, 0.1) is 0 Å². The summed E-state index contributed by atoms with van der Waals surface area (Å²) in [6.45, 7) is 4.89. The maximum absolute atomic E-state index is 11.8. The second-order valence-corrected chi connectivity index (χ2v) is 5.29. The largest absolute Gasteiger partial charge is 0.356 e. The van der Waals surface area contributed by atoms with Crippen molar-refractivity contribution >= 4 is 24.2 Å². The van der Waals surface area contributed by atoms with Gasteiger partial charge in [0.15, 0.2) is 0 Å². The molecule has 1 atom stereocenters. The summed E-state index contributed by atoms with van der Waals surface area (Å²) in [6.07, 6.45) is 4.81. The fourth-order valence-electron chi connectivity index (χ4n) is 2.33. The highest BCUT2D eigenvalue weighted by molar-refractivity contribution is 5.85. The van der Waals surface area contributed by atoms with E-state index in [4.69, 9.17) is 0 Å². The van der Waals surface area contributed by atoms with Crippen molar-refractivity contribution in [2.24, 2.45) is 5.92 Å². The molecule has 6 heteroatoms. The third-order valence-electron chi connectivity index (χ3n) is 3.53. The molecule has 20 heavy (non-hydrogen) atoms. The highest BCUT2D eigenvalue weighted by Gasteiger charge is 2.16. The van der Waals surface area contributed by atoms with Gasteiger partial charge in [-0.1, -0.05) is 13.3 Å². The molecular weight excluding hydrogens is 278 g/mol. The third kappa shape index (κ3) is 7.10. The molecule has 1 aliphatic rings. The molecule has 0 spiro atoms. The topological polar surface area (TPSA) is 61.4 Å². The maximum Gasteiger partial charge on any atom is 0.224 e. The van der Waals surface area contributed by atoms with Gasteiger partial charge in [0, 0.05) is 38.5 Å². The van der Waals surface area contributed by atoms with Crippen LogP contribution in [0.15, 0.2) is 0 Å². The Kier molecular flexibility index (Phi) is 10.5. The maximum atomic E-state index is 11.8. The number of nitrogens with one attached hydrogen (secondary N) is 2. The molecule has 2 amide bonds. The van der Waals surface area contributed by atoms with Gasteiger partial charge in [-0.05, 0) is 26.3 Å². The zero-order valence-electron chi connectivity index (χ0n) is 12.6. The average molecular weight is 306 g/mol. The number of rotatable bonds is 7. The van der Waals surface area contributed by atoms with Gasteiger partial charge in [-0.2, -0.15) is 0 Å². The predicted molar refractivity (Wildman–Crippen MR) is 83.0 cm³/mol. The van der Waals surface area contributed by atoms with Gasteiger partial charge < -0.3 is 15.5 Å². The SMILES string of the molecule is CNCC(C)C(=O)NCCCN1CCCCCC1=O.Cl. The second kappa shape index (κ2) is 10.9. The van der Waals surface area contributed by atoms with Gasteiger partial charge in [-0.15, -0.1) is 12.4 Å². The molecular formula is C14H28ClN3O2. The zero-order chi connectivity index (χ0) is 14.1. The number of carbonyl (C=O) groups excluding carboxylic acids is 2. The quantitative estimate of drug-likeness (QED) is 0.694. The first-order valence-electron chi connectivity index (χ1n) is 7.35. The van der Waals surface area contributed by atoms with Crippen LogP contribution in [0.1, 0.15) is 39.0 Å². The van der Waals surface area contributed by atoms with E-state index in [0.29, 0.717) is 19.5 Å². The second-order valence-electron chi connectivity index (χ2n) is 5.29. The summed E-state index contributed by atoms with van der Waals surface area (Å²) >= 11 is 0. The van der Waals surface area contributed by atoms with Gasteiger partial charge >= 0.3 is 0 Å². The molecule has 5 nitrogen and oxygen atoms in total. The number of likely N-dealkylation sites (tertiary alicyclic amines) is 1. The normalized spacial score (nSPS) is 17.1. The smallest absolute Gasteiger partial charge is 0.224 e. The fraction of sp³-hybridized carbons (Fsp3) is 0.857. The van der Waals surface area contributed by atoms with Gasteiger partial charge in [-0.3, -0.25) is 9.59 Å². The summed E-state index contributed by atoms with van der Waals surface area (Å²) in [4.78, 5) is 25.4. The van der Waals surface area contributed by atoms with Crippen molar-refractivity contribution in [2.45, 2.75) is 39.0 Å². The highest BCUT2D eigenvalue weighted by Crippen LogP contribution is 2.11. The van der Waals surface area contributed by atoms with E-state index in [9.17, 15) is 9.59 Å². The highest BCUT2D eigenvalue weighted by atomic mass is 35.5. The Bertz CT molecular complexity index is 300. The first-order chi connectivity index (χ1) is 9.15. The summed E-state index contributed by atoms with van der Waals surface area (Å²) in [7, 11) is 1.84. The summed E-state index contributed by atoms with van der Waals surface area (Å²) in [5, 5.41) is 5.91. The molecule has 1 heterocycles. The van der Waals surface area contributed by atoms with Crippen molar-refractivity contribution in [2.75, 3.05) is 33.2 Å². The molecule has 0 aromatic rings. The Labute approximate surface area is 128 Å². The van der Waals surface area contributed by atoms with Gasteiger partial charge in [0.1, 0.15) is 0 Å². The minimum Gasteiger partial charge on any atom is -0.356 e. The van der Waals surface area contributed by atoms with E-state index in [1.54, 1.807) is 0 Å². The number of hydrogen-bond acceptors (Lipinski definition) is 3. The Morgan fingerprint density at radius 1 is 1.35 bits per heavy atom. The van der Waals surface area contributed by atoms with Crippen molar-refractivity contribution in [3.05, 3.63) is 0 Å². The monoisotopic (exact) mass is 305 g/mol. The van der Waals surface area contributed by atoms with Crippen molar-refractivity contribution < 1.29 is 9.59 Å². The lowest BCUT2D eigenvalue weighted by atomic mass is 10.1. The Morgan fingerprint density at radius 2 is 2.10 bits per heavy atom. The van der Waals surface area contributed by atoms with Gasteiger partial charge in [-0.25, -0.2) is 0 Å². The number of carbonyl (C=O) groups is 2. The molecule has 118 valence electrons. The average Bonchev–Trinajstić information content (AvgIpc) is 2.59. The van der Waals surface area contributed by atoms with E-state index in [1.165, 1.54) is 0 Å². The molecule has 0 radical (unpaired) electrons. The van der Waals surface area contributed by atoms with Crippen molar-refractivity contribution in [1.29, 1.82) is 0 Å². The molecule has 0 saturated carbocycles. The van der Waals surface area contributed by atoms with Crippen LogP contribution in [0, 0.1) is 5.92 Å². The number of halogens is 1. The molecule has 1 aliphatic heterocycles. The molecule has 1 unspecified atom stereocenters. The van der Waals surface area contributed by atoms with Crippen LogP contribution in [0.2, 0.25) is 0 Å². The molecule has 1 saturated heterocycles. The molecule has 2 N–H and O–H groups in total. The summed E-state index contributed by atoms with van der Waals surface area (Å²) in [6, 6.07) is 0. The van der Waals surface area contributed by atoms with E-state index in [0.717, 1.165) is 38.8 Å². The van der Waals surface area contributed by atoms with Gasteiger partial charge in [0.25, 0.3) is 0 Å². The molecule has 1 fully saturated rings. The molecule has 0 aromatic carbocycles. The number of amides is 2. The van der Waals surface area contributed by atoms with E-state index in [1.807, 2.05) is 18.9 Å². The fourth-order valence-corrected chi connectivity index (χ4v) is 2.33. The van der Waals surface area contributed by atoms with Crippen LogP contribution in [0.4, 0.5) is 0 Å². The van der Waals surface area contributed by atoms with E-state index >= 15 is 0 Å². The Balaban J connectivity index is 0.00000361. The predicted octanol–water partition coefficient (Wildman–Crippen LogP) is 1.17. The number of nitrogens with zero attached hydrogens (tertiary/aromatic N) is 1. The lowest BCUT2D eigenvalue weighted by molar-refractivity contribution is -0.130. The minimum absolute atomic E-state index is 0. The standard InChI is InChI=1S/C14H27N3O2.ClH/c1-12(11-15-2)14(19)16-8-6-10-17-9-5-3-4-7-13(17)18;/h12,15H,3-11H2,1-2H3,(H,16,19);1H. The lowest BCUT2D eigenvalue weighted by Crippen LogP contribution is -2.37. The van der Waals surface area contributed by atoms with Crippen molar-refractivity contribution in [3.8, 4) is 0 Å². The Hall–Kier alpha value is -0.810. The van der Waals surface area contributed by atoms with Crippen LogP contribution >= 0.6 is 12.4 Å². The summed E-state index contributed by atoms with van der Waals surface area (Å²) in [5.41, 5.74) is 0. The first-order valence-corrected chi connectivity index (χ1v) is 7.35. The summed E-state index contributed by atoms with van der Waals surface area (Å²) < 4.78 is 0. The molecule has 1 rings (SSSR count). The van der Waals surface area contributed by atoms with Crippen LogP contribution in [0.25, 0.3) is 0 Å². The van der Waals surface area contributed by atoms with Crippen molar-refractivity contribution in [3.63, 3.8) is 0 Å². The van der Waals surface area contributed by atoms with Crippen LogP contribution in [-0.4, -0.2) is 49.9 Å². The summed E-state index contributed by atoms with van der Waals surface area (Å²) in [5.74, 6) is 0.341. The third-order valence-corrected chi connectivity index (χ3v) is 3.53. The lowest BCUT2D eigenvalue weighted by Gasteiger charge is -2.20.